The van der Waals surface area contributed by atoms with Crippen molar-refractivity contribution in [1.29, 1.82) is 0 Å². The molecule has 0 spiro atoms. The number of nitrogens with two attached hydrogens (primary N) is 1. The van der Waals surface area contributed by atoms with Crippen molar-refractivity contribution < 1.29 is 22.8 Å². The number of aliphatic imine (C=N–C) groups is 1. The molecule has 0 saturated carbocycles. The number of halogens is 2. The smallest absolute Gasteiger partial charge is 0.323 e. The summed E-state index contributed by atoms with van der Waals surface area (Å²) in [4.78, 5) is 24.6. The first-order chi connectivity index (χ1) is 18.0. The number of hydrogen-bond donors (Lipinski definition) is 3. The summed E-state index contributed by atoms with van der Waals surface area (Å²) >= 11 is 0. The Morgan fingerprint density at radius 1 is 1.27 bits per heavy atom. The fraction of sp³-hybridized carbons (Fsp3) is 0.320. The SMILES string of the molecule is NC(=CC(=NCc1ccccc1F)c1ccon1)c1ncc(F)c(NCCOC(=O)C2CCCCN2)n1. The second-order valence-corrected chi connectivity index (χ2v) is 8.26. The minimum atomic E-state index is -0.693. The van der Waals surface area contributed by atoms with Crippen LogP contribution >= 0.6 is 0 Å². The zero-order chi connectivity index (χ0) is 26.0. The highest BCUT2D eigenvalue weighted by atomic mass is 19.1. The van der Waals surface area contributed by atoms with Gasteiger partial charge in [-0.25, -0.2) is 18.7 Å². The minimum absolute atomic E-state index is 0.0326. The second kappa shape index (κ2) is 12.7. The monoisotopic (exact) mass is 511 g/mol. The maximum Gasteiger partial charge on any atom is 0.323 e. The average Bonchev–Trinajstić information content (AvgIpc) is 3.46. The summed E-state index contributed by atoms with van der Waals surface area (Å²) in [5.74, 6) is -1.47. The molecule has 0 amide bonds. The van der Waals surface area contributed by atoms with Crippen molar-refractivity contribution in [1.82, 2.24) is 20.4 Å². The van der Waals surface area contributed by atoms with Crippen molar-refractivity contribution >= 4 is 23.2 Å². The number of nitrogens with zero attached hydrogens (tertiary/aromatic N) is 4. The van der Waals surface area contributed by atoms with Crippen molar-refractivity contribution in [3.63, 3.8) is 0 Å². The Morgan fingerprint density at radius 2 is 2.14 bits per heavy atom. The van der Waals surface area contributed by atoms with Crippen LogP contribution < -0.4 is 16.4 Å². The Kier molecular flexibility index (Phi) is 8.87. The quantitative estimate of drug-likeness (QED) is 0.213. The van der Waals surface area contributed by atoms with Crippen LogP contribution in [-0.2, 0) is 16.1 Å². The fourth-order valence-corrected chi connectivity index (χ4v) is 3.66. The first kappa shape index (κ1) is 25.9. The van der Waals surface area contributed by atoms with Gasteiger partial charge in [-0.05, 0) is 31.5 Å². The number of nitrogens with one attached hydrogen (secondary N) is 2. The van der Waals surface area contributed by atoms with E-state index in [1.807, 2.05) is 0 Å². The summed E-state index contributed by atoms with van der Waals surface area (Å²) < 4.78 is 38.5. The van der Waals surface area contributed by atoms with E-state index in [4.69, 9.17) is 15.0 Å². The highest BCUT2D eigenvalue weighted by Crippen LogP contribution is 2.15. The number of benzene rings is 1. The van der Waals surface area contributed by atoms with Gasteiger partial charge in [0.05, 0.1) is 30.7 Å². The predicted molar refractivity (Wildman–Crippen MR) is 132 cm³/mol. The van der Waals surface area contributed by atoms with Crippen molar-refractivity contribution in [3.05, 3.63) is 77.6 Å². The third-order valence-corrected chi connectivity index (χ3v) is 5.61. The number of aromatic nitrogens is 3. The van der Waals surface area contributed by atoms with Crippen LogP contribution in [0.2, 0.25) is 0 Å². The average molecular weight is 512 g/mol. The van der Waals surface area contributed by atoms with Crippen LogP contribution in [0.1, 0.15) is 36.3 Å². The summed E-state index contributed by atoms with van der Waals surface area (Å²) in [5.41, 5.74) is 7.33. The highest BCUT2D eigenvalue weighted by Gasteiger charge is 2.21. The van der Waals surface area contributed by atoms with E-state index in [0.29, 0.717) is 17.0 Å². The molecule has 0 radical (unpaired) electrons. The molecular formula is C25H27F2N7O3. The van der Waals surface area contributed by atoms with Crippen LogP contribution in [0.3, 0.4) is 0 Å². The second-order valence-electron chi connectivity index (χ2n) is 8.26. The molecule has 4 rings (SSSR count). The Labute approximate surface area is 212 Å². The lowest BCUT2D eigenvalue weighted by Gasteiger charge is -2.21. The molecule has 1 aliphatic rings. The Balaban J connectivity index is 1.43. The molecule has 3 aromatic rings. The third kappa shape index (κ3) is 7.17. The van der Waals surface area contributed by atoms with Gasteiger partial charge >= 0.3 is 5.97 Å². The molecule has 1 fully saturated rings. The Morgan fingerprint density at radius 3 is 2.89 bits per heavy atom. The lowest BCUT2D eigenvalue weighted by atomic mass is 10.1. The van der Waals surface area contributed by atoms with Crippen molar-refractivity contribution in [2.75, 3.05) is 25.0 Å². The normalized spacial score (nSPS) is 16.4. The Hall–Kier alpha value is -4.19. The maximum absolute atomic E-state index is 14.3. The number of anilines is 1. The lowest BCUT2D eigenvalue weighted by Crippen LogP contribution is -2.41. The number of hydrogen-bond acceptors (Lipinski definition) is 10. The van der Waals surface area contributed by atoms with E-state index in [9.17, 15) is 13.6 Å². The van der Waals surface area contributed by atoms with Crippen LogP contribution in [0.15, 0.2) is 58.4 Å². The minimum Gasteiger partial charge on any atom is -0.463 e. The summed E-state index contributed by atoms with van der Waals surface area (Å²) in [6.07, 6.45) is 6.55. The van der Waals surface area contributed by atoms with Crippen molar-refractivity contribution in [3.8, 4) is 0 Å². The van der Waals surface area contributed by atoms with Gasteiger partial charge in [0.15, 0.2) is 17.5 Å². The third-order valence-electron chi connectivity index (χ3n) is 5.61. The van der Waals surface area contributed by atoms with Crippen LogP contribution in [0, 0.1) is 11.6 Å². The number of piperidine rings is 1. The molecule has 0 aliphatic carbocycles. The topological polar surface area (TPSA) is 141 Å². The molecule has 12 heteroatoms. The summed E-state index contributed by atoms with van der Waals surface area (Å²) in [6, 6.07) is 7.54. The number of carbonyl (C=O) groups excluding carboxylic acids is 1. The number of allylic oxidation sites excluding steroid dienone is 1. The molecule has 1 aliphatic heterocycles. The zero-order valence-corrected chi connectivity index (χ0v) is 20.0. The summed E-state index contributed by atoms with van der Waals surface area (Å²) in [6.45, 7) is 1.00. The van der Waals surface area contributed by atoms with Crippen LogP contribution in [0.5, 0.6) is 0 Å². The van der Waals surface area contributed by atoms with Crippen molar-refractivity contribution in [2.45, 2.75) is 31.8 Å². The first-order valence-electron chi connectivity index (χ1n) is 11.8. The zero-order valence-electron chi connectivity index (χ0n) is 20.0. The van der Waals surface area contributed by atoms with E-state index in [2.05, 4.69) is 30.8 Å². The maximum atomic E-state index is 14.3. The largest absolute Gasteiger partial charge is 0.463 e. The van der Waals surface area contributed by atoms with Gasteiger partial charge in [-0.3, -0.25) is 9.79 Å². The molecule has 10 nitrogen and oxygen atoms in total. The number of esters is 1. The molecule has 3 heterocycles. The highest BCUT2D eigenvalue weighted by molar-refractivity contribution is 6.10. The molecule has 2 aromatic heterocycles. The van der Waals surface area contributed by atoms with Gasteiger partial charge < -0.3 is 25.6 Å². The van der Waals surface area contributed by atoms with Crippen LogP contribution in [0.4, 0.5) is 14.6 Å². The Bertz CT molecular complexity index is 1260. The molecular weight excluding hydrogens is 484 g/mol. The van der Waals surface area contributed by atoms with E-state index >= 15 is 0 Å². The van der Waals surface area contributed by atoms with Gasteiger partial charge in [-0.1, -0.05) is 29.8 Å². The van der Waals surface area contributed by atoms with E-state index in [1.165, 1.54) is 18.4 Å². The molecule has 1 unspecified atom stereocenters. The summed E-state index contributed by atoms with van der Waals surface area (Å²) in [7, 11) is 0. The lowest BCUT2D eigenvalue weighted by molar-refractivity contribution is -0.146. The predicted octanol–water partition coefficient (Wildman–Crippen LogP) is 2.83. The van der Waals surface area contributed by atoms with Gasteiger partial charge in [0.2, 0.25) is 0 Å². The van der Waals surface area contributed by atoms with Gasteiger partial charge in [-0.15, -0.1) is 0 Å². The standard InChI is InChI=1S/C25H27F2N7O3/c26-17-6-2-1-5-16(17)14-31-22(20-8-11-37-34-20)13-19(28)24-32-15-18(27)23(33-24)30-10-12-36-25(35)21-7-3-4-9-29-21/h1-2,5-6,8,11,13,15,21,29H,3-4,7,9-10,12,14,28H2,(H,30,32,33). The van der Waals surface area contributed by atoms with Crippen LogP contribution in [0.25, 0.3) is 5.70 Å². The summed E-state index contributed by atoms with van der Waals surface area (Å²) in [5, 5.41) is 9.78. The molecule has 4 N–H and O–H groups in total. The fourth-order valence-electron chi connectivity index (χ4n) is 3.66. The number of ether oxygens (including phenoxy) is 1. The number of rotatable bonds is 10. The molecule has 0 bridgehead atoms. The van der Waals surface area contributed by atoms with E-state index < -0.39 is 5.82 Å². The van der Waals surface area contributed by atoms with Crippen LogP contribution in [-0.4, -0.2) is 52.5 Å². The first-order valence-corrected chi connectivity index (χ1v) is 11.8. The van der Waals surface area contributed by atoms with Gasteiger partial charge in [0.1, 0.15) is 30.4 Å². The molecule has 1 aromatic carbocycles. The van der Waals surface area contributed by atoms with Gasteiger partial charge in [-0.2, -0.15) is 0 Å². The molecule has 194 valence electrons. The number of carbonyl (C=O) groups is 1. The van der Waals surface area contributed by atoms with Crippen molar-refractivity contribution in [2.24, 2.45) is 10.7 Å². The van der Waals surface area contributed by atoms with Gasteiger partial charge in [0, 0.05) is 11.6 Å². The van der Waals surface area contributed by atoms with E-state index in [1.54, 1.807) is 24.3 Å². The van der Waals surface area contributed by atoms with E-state index in [0.717, 1.165) is 32.0 Å². The molecule has 37 heavy (non-hydrogen) atoms. The molecule has 1 atom stereocenters. The van der Waals surface area contributed by atoms with Gasteiger partial charge in [0.25, 0.3) is 0 Å². The molecule has 1 saturated heterocycles. The van der Waals surface area contributed by atoms with E-state index in [-0.39, 0.29) is 54.9 Å².